The van der Waals surface area contributed by atoms with Crippen molar-refractivity contribution in [3.63, 3.8) is 0 Å². The number of carbonyl (C=O) groups is 2. The van der Waals surface area contributed by atoms with Crippen LogP contribution in [0.1, 0.15) is 13.8 Å². The molecule has 0 bridgehead atoms. The number of amides is 3. The van der Waals surface area contributed by atoms with Gasteiger partial charge in [0.2, 0.25) is 15.9 Å². The van der Waals surface area contributed by atoms with E-state index < -0.39 is 22.0 Å². The molecule has 0 spiro atoms. The summed E-state index contributed by atoms with van der Waals surface area (Å²) in [6.45, 7) is 4.32. The van der Waals surface area contributed by atoms with Crippen molar-refractivity contribution in [2.24, 2.45) is 12.8 Å². The number of sulfonamides is 1. The highest BCUT2D eigenvalue weighted by Crippen LogP contribution is 2.25. The maximum absolute atomic E-state index is 12.7. The van der Waals surface area contributed by atoms with Gasteiger partial charge in [-0.1, -0.05) is 37.7 Å². The monoisotopic (exact) mass is 426 g/mol. The van der Waals surface area contributed by atoms with Crippen molar-refractivity contribution in [2.45, 2.75) is 23.9 Å². The van der Waals surface area contributed by atoms with E-state index >= 15 is 0 Å². The second-order valence-electron chi connectivity index (χ2n) is 5.68. The highest BCUT2D eigenvalue weighted by Gasteiger charge is 2.23. The van der Waals surface area contributed by atoms with E-state index in [2.05, 4.69) is 10.2 Å². The van der Waals surface area contributed by atoms with Gasteiger partial charge in [0.05, 0.1) is 10.6 Å². The average Bonchev–Trinajstić information content (AvgIpc) is 3.01. The number of carbonyl (C=O) groups excluding carboxylic acids is 2. The highest BCUT2D eigenvalue weighted by molar-refractivity contribution is 7.99. The average molecular weight is 427 g/mol. The van der Waals surface area contributed by atoms with Crippen LogP contribution in [0, 0.1) is 0 Å². The number of primary amides is 1. The molecule has 1 heterocycles. The molecule has 1 aromatic heterocycles. The summed E-state index contributed by atoms with van der Waals surface area (Å²) in [7, 11) is -1.89. The van der Waals surface area contributed by atoms with Gasteiger partial charge < -0.3 is 10.3 Å². The van der Waals surface area contributed by atoms with Crippen molar-refractivity contribution < 1.29 is 18.0 Å². The molecule has 28 heavy (non-hydrogen) atoms. The van der Waals surface area contributed by atoms with Crippen molar-refractivity contribution >= 4 is 33.7 Å². The zero-order valence-corrected chi connectivity index (χ0v) is 17.4. The number of imide groups is 1. The minimum Gasteiger partial charge on any atom is -0.351 e. The fourth-order valence-corrected chi connectivity index (χ4v) is 4.72. The normalized spacial score (nSPS) is 11.6. The van der Waals surface area contributed by atoms with Crippen LogP contribution in [0.2, 0.25) is 0 Å². The van der Waals surface area contributed by atoms with E-state index in [1.165, 1.54) is 10.4 Å². The van der Waals surface area contributed by atoms with Crippen LogP contribution in [0.25, 0.3) is 11.4 Å². The van der Waals surface area contributed by atoms with E-state index in [0.717, 1.165) is 11.8 Å². The summed E-state index contributed by atoms with van der Waals surface area (Å²) < 4.78 is 28.5. The molecule has 0 aliphatic rings. The lowest BCUT2D eigenvalue weighted by atomic mass is 10.2. The Morgan fingerprint density at radius 3 is 2.54 bits per heavy atom. The number of hydrogen-bond donors (Lipinski definition) is 2. The van der Waals surface area contributed by atoms with Gasteiger partial charge in [-0.15, -0.1) is 10.2 Å². The zero-order valence-electron chi connectivity index (χ0n) is 15.7. The number of nitrogens with one attached hydrogen (secondary N) is 1. The number of nitrogens with zero attached hydrogens (tertiary/aromatic N) is 4. The van der Waals surface area contributed by atoms with Crippen LogP contribution >= 0.6 is 11.8 Å². The van der Waals surface area contributed by atoms with Gasteiger partial charge in [0.15, 0.2) is 11.0 Å². The molecule has 0 aliphatic heterocycles. The van der Waals surface area contributed by atoms with Gasteiger partial charge in [-0.3, -0.25) is 10.1 Å². The van der Waals surface area contributed by atoms with Crippen molar-refractivity contribution in [1.29, 1.82) is 0 Å². The molecule has 0 saturated heterocycles. The van der Waals surface area contributed by atoms with Crippen LogP contribution in [0.5, 0.6) is 0 Å². The summed E-state index contributed by atoms with van der Waals surface area (Å²) in [4.78, 5) is 22.4. The number of urea groups is 1. The predicted molar refractivity (Wildman–Crippen MR) is 105 cm³/mol. The van der Waals surface area contributed by atoms with Crippen molar-refractivity contribution in [1.82, 2.24) is 24.4 Å². The molecular weight excluding hydrogens is 404 g/mol. The summed E-state index contributed by atoms with van der Waals surface area (Å²) in [6.07, 6.45) is 0. The Hall–Kier alpha value is -2.44. The molecule has 0 radical (unpaired) electrons. The lowest BCUT2D eigenvalue weighted by molar-refractivity contribution is -0.117. The third-order valence-electron chi connectivity index (χ3n) is 3.87. The molecule has 152 valence electrons. The smallest absolute Gasteiger partial charge is 0.318 e. The molecular formula is C16H22N6O4S2. The number of benzene rings is 1. The topological polar surface area (TPSA) is 140 Å². The minimum absolute atomic E-state index is 0.0642. The Kier molecular flexibility index (Phi) is 7.16. The maximum Gasteiger partial charge on any atom is 0.318 e. The van der Waals surface area contributed by atoms with Gasteiger partial charge in [-0.2, -0.15) is 4.31 Å². The second-order valence-corrected chi connectivity index (χ2v) is 8.56. The molecule has 0 saturated carbocycles. The highest BCUT2D eigenvalue weighted by atomic mass is 32.2. The predicted octanol–water partition coefficient (Wildman–Crippen LogP) is 0.800. The van der Waals surface area contributed by atoms with Gasteiger partial charge in [0.25, 0.3) is 0 Å². The lowest BCUT2D eigenvalue weighted by Gasteiger charge is -2.18. The Balaban J connectivity index is 2.27. The van der Waals surface area contributed by atoms with E-state index in [0.29, 0.717) is 29.6 Å². The van der Waals surface area contributed by atoms with E-state index in [1.807, 2.05) is 5.32 Å². The molecule has 0 unspecified atom stereocenters. The molecule has 3 N–H and O–H groups in total. The van der Waals surface area contributed by atoms with E-state index in [4.69, 9.17) is 5.73 Å². The SMILES string of the molecule is CCN(CC)S(=O)(=O)c1cccc(-c2nnc(SCC(=O)NC(N)=O)n2C)c1. The van der Waals surface area contributed by atoms with Gasteiger partial charge in [-0.05, 0) is 12.1 Å². The first-order valence-corrected chi connectivity index (χ1v) is 10.8. The Morgan fingerprint density at radius 1 is 1.25 bits per heavy atom. The molecule has 0 fully saturated rings. The summed E-state index contributed by atoms with van der Waals surface area (Å²) in [5.41, 5.74) is 5.48. The van der Waals surface area contributed by atoms with Crippen LogP contribution in [0.15, 0.2) is 34.3 Å². The summed E-state index contributed by atoms with van der Waals surface area (Å²) in [5.74, 6) is -0.158. The van der Waals surface area contributed by atoms with Gasteiger partial charge in [0, 0.05) is 25.7 Å². The van der Waals surface area contributed by atoms with Crippen molar-refractivity contribution in [3.8, 4) is 11.4 Å². The van der Waals surface area contributed by atoms with Gasteiger partial charge >= 0.3 is 6.03 Å². The van der Waals surface area contributed by atoms with Crippen molar-refractivity contribution in [2.75, 3.05) is 18.8 Å². The molecule has 0 atom stereocenters. The van der Waals surface area contributed by atoms with Gasteiger partial charge in [0.1, 0.15) is 0 Å². The van der Waals surface area contributed by atoms with E-state index in [-0.39, 0.29) is 10.6 Å². The van der Waals surface area contributed by atoms with Crippen molar-refractivity contribution in [3.05, 3.63) is 24.3 Å². The van der Waals surface area contributed by atoms with Crippen LogP contribution < -0.4 is 11.1 Å². The van der Waals surface area contributed by atoms with E-state index in [1.54, 1.807) is 43.7 Å². The molecule has 10 nitrogen and oxygen atoms in total. The summed E-state index contributed by atoms with van der Waals surface area (Å²) in [6, 6.07) is 5.55. The molecule has 2 rings (SSSR count). The molecule has 2 aromatic rings. The number of nitrogens with two attached hydrogens (primary N) is 1. The lowest BCUT2D eigenvalue weighted by Crippen LogP contribution is -2.36. The first-order valence-electron chi connectivity index (χ1n) is 8.42. The van der Waals surface area contributed by atoms with Gasteiger partial charge in [-0.25, -0.2) is 13.2 Å². The molecule has 1 aromatic carbocycles. The fourth-order valence-electron chi connectivity index (χ4n) is 2.50. The Labute approximate surface area is 167 Å². The van der Waals surface area contributed by atoms with Crippen LogP contribution in [0.4, 0.5) is 4.79 Å². The molecule has 3 amide bonds. The first kappa shape index (κ1) is 21.9. The fraction of sp³-hybridized carbons (Fsp3) is 0.375. The quantitative estimate of drug-likeness (QED) is 0.595. The van der Waals surface area contributed by atoms with E-state index in [9.17, 15) is 18.0 Å². The zero-order chi connectivity index (χ0) is 20.9. The number of thioether (sulfide) groups is 1. The third kappa shape index (κ3) is 4.88. The Morgan fingerprint density at radius 2 is 1.93 bits per heavy atom. The first-order chi connectivity index (χ1) is 13.2. The standard InChI is InChI=1S/C16H22N6O4S2/c1-4-22(5-2)28(25,26)12-8-6-7-11(9-12)14-19-20-16(21(14)3)27-10-13(23)18-15(17)24/h6-9H,4-5,10H2,1-3H3,(H3,17,18,23,24). The minimum atomic E-state index is -3.60. The van der Waals surface area contributed by atoms with Crippen LogP contribution in [0.3, 0.4) is 0 Å². The second kappa shape index (κ2) is 9.17. The number of hydrogen-bond acceptors (Lipinski definition) is 7. The summed E-state index contributed by atoms with van der Waals surface area (Å²) in [5, 5.41) is 10.5. The largest absolute Gasteiger partial charge is 0.351 e. The van der Waals surface area contributed by atoms with Crippen LogP contribution in [-0.2, 0) is 21.9 Å². The third-order valence-corrected chi connectivity index (χ3v) is 6.93. The summed E-state index contributed by atoms with van der Waals surface area (Å²) >= 11 is 1.08. The number of rotatable bonds is 8. The number of aromatic nitrogens is 3. The Bertz CT molecular complexity index is 969. The molecule has 0 aliphatic carbocycles. The van der Waals surface area contributed by atoms with Crippen LogP contribution in [-0.4, -0.2) is 58.3 Å². The maximum atomic E-state index is 12.7. The molecule has 12 heteroatoms.